The Labute approximate surface area is 109 Å². The van der Waals surface area contributed by atoms with Gasteiger partial charge in [0.05, 0.1) is 19.0 Å². The number of aliphatic hydroxyl groups is 1. The molecule has 1 aromatic rings. The molecule has 0 radical (unpaired) electrons. The molecule has 102 valence electrons. The fourth-order valence-corrected chi connectivity index (χ4v) is 2.59. The summed E-state index contributed by atoms with van der Waals surface area (Å²) in [6.45, 7) is 5.92. The molecule has 0 bridgehead atoms. The fourth-order valence-electron chi connectivity index (χ4n) is 2.59. The van der Waals surface area contributed by atoms with Gasteiger partial charge in [-0.05, 0) is 38.8 Å². The predicted molar refractivity (Wildman–Crippen MR) is 69.2 cm³/mol. The summed E-state index contributed by atoms with van der Waals surface area (Å²) in [6, 6.07) is 4.85. The van der Waals surface area contributed by atoms with E-state index in [2.05, 4.69) is 18.7 Å². The smallest absolute Gasteiger partial charge is 0.129 e. The number of ether oxygens (including phenoxy) is 1. The van der Waals surface area contributed by atoms with E-state index >= 15 is 0 Å². The van der Waals surface area contributed by atoms with Crippen LogP contribution in [0.1, 0.15) is 32.4 Å². The van der Waals surface area contributed by atoms with Crippen LogP contribution in [-0.2, 0) is 11.3 Å². The summed E-state index contributed by atoms with van der Waals surface area (Å²) >= 11 is 0. The first-order valence-electron chi connectivity index (χ1n) is 6.70. The van der Waals surface area contributed by atoms with Gasteiger partial charge in [-0.2, -0.15) is 0 Å². The zero-order valence-electron chi connectivity index (χ0n) is 11.2. The summed E-state index contributed by atoms with van der Waals surface area (Å²) < 4.78 is 10.6. The molecule has 0 amide bonds. The van der Waals surface area contributed by atoms with Gasteiger partial charge in [-0.25, -0.2) is 0 Å². The molecule has 0 aromatic carbocycles. The van der Waals surface area contributed by atoms with Gasteiger partial charge in [-0.1, -0.05) is 0 Å². The van der Waals surface area contributed by atoms with E-state index in [4.69, 9.17) is 9.15 Å². The summed E-state index contributed by atoms with van der Waals surface area (Å²) in [6.07, 6.45) is 3.65. The molecule has 3 atom stereocenters. The van der Waals surface area contributed by atoms with Crippen LogP contribution in [0.3, 0.4) is 0 Å². The molecular weight excluding hydrogens is 230 g/mol. The van der Waals surface area contributed by atoms with Gasteiger partial charge in [0.25, 0.3) is 0 Å². The molecule has 0 spiro atoms. The monoisotopic (exact) mass is 253 g/mol. The maximum absolute atomic E-state index is 9.98. The third-order valence-corrected chi connectivity index (χ3v) is 3.69. The Hall–Kier alpha value is -0.840. The summed E-state index contributed by atoms with van der Waals surface area (Å²) in [4.78, 5) is 2.36. The van der Waals surface area contributed by atoms with E-state index in [9.17, 15) is 5.11 Å². The molecule has 1 saturated heterocycles. The second-order valence-electron chi connectivity index (χ2n) is 5.22. The third-order valence-electron chi connectivity index (χ3n) is 3.69. The summed E-state index contributed by atoms with van der Waals surface area (Å²) in [5, 5.41) is 9.98. The van der Waals surface area contributed by atoms with Crippen molar-refractivity contribution in [1.82, 2.24) is 4.90 Å². The van der Waals surface area contributed by atoms with Crippen molar-refractivity contribution in [3.63, 3.8) is 0 Å². The maximum atomic E-state index is 9.98. The molecule has 3 unspecified atom stereocenters. The van der Waals surface area contributed by atoms with E-state index in [1.165, 1.54) is 12.8 Å². The lowest BCUT2D eigenvalue weighted by Crippen LogP contribution is -2.40. The van der Waals surface area contributed by atoms with Crippen LogP contribution in [0.4, 0.5) is 0 Å². The van der Waals surface area contributed by atoms with E-state index in [0.29, 0.717) is 31.8 Å². The van der Waals surface area contributed by atoms with Gasteiger partial charge in [0.2, 0.25) is 0 Å². The number of likely N-dealkylation sites (tertiary alicyclic amines) is 1. The van der Waals surface area contributed by atoms with Crippen LogP contribution in [0, 0.1) is 0 Å². The van der Waals surface area contributed by atoms with Crippen molar-refractivity contribution >= 4 is 0 Å². The normalized spacial score (nSPS) is 26.6. The minimum atomic E-state index is -0.428. The summed E-state index contributed by atoms with van der Waals surface area (Å²) in [7, 11) is 0. The van der Waals surface area contributed by atoms with Crippen molar-refractivity contribution in [2.24, 2.45) is 0 Å². The van der Waals surface area contributed by atoms with E-state index in [-0.39, 0.29) is 0 Å². The molecule has 1 aliphatic rings. The fraction of sp³-hybridized carbons (Fsp3) is 0.714. The highest BCUT2D eigenvalue weighted by Gasteiger charge is 2.28. The Kier molecular flexibility index (Phi) is 4.80. The average molecular weight is 253 g/mol. The van der Waals surface area contributed by atoms with Crippen LogP contribution in [0.25, 0.3) is 0 Å². The van der Waals surface area contributed by atoms with Gasteiger partial charge in [-0.15, -0.1) is 0 Å². The predicted octanol–water partition coefficient (Wildman–Crippen LogP) is 2.03. The number of β-amino-alcohol motifs (C(OH)–C–C–N with tert-alkyl or cyclic N) is 1. The minimum absolute atomic E-state index is 0.358. The second kappa shape index (κ2) is 6.36. The molecule has 0 aliphatic carbocycles. The molecule has 1 aromatic heterocycles. The van der Waals surface area contributed by atoms with Crippen LogP contribution >= 0.6 is 0 Å². The number of hydrogen-bond acceptors (Lipinski definition) is 4. The van der Waals surface area contributed by atoms with Crippen LogP contribution in [0.15, 0.2) is 22.8 Å². The lowest BCUT2D eigenvalue weighted by atomic mass is 10.2. The lowest BCUT2D eigenvalue weighted by Gasteiger charge is -2.28. The molecule has 2 heterocycles. The Bertz CT molecular complexity index is 329. The highest BCUT2D eigenvalue weighted by atomic mass is 16.5. The zero-order chi connectivity index (χ0) is 13.0. The SMILES string of the molecule is CC1CCC(C)N1CC(O)COCc1ccco1. The van der Waals surface area contributed by atoms with Crippen LogP contribution in [0.2, 0.25) is 0 Å². The molecule has 2 rings (SSSR count). The molecule has 1 fully saturated rings. The van der Waals surface area contributed by atoms with E-state index in [1.807, 2.05) is 12.1 Å². The van der Waals surface area contributed by atoms with E-state index in [1.54, 1.807) is 6.26 Å². The van der Waals surface area contributed by atoms with Crippen LogP contribution < -0.4 is 0 Å². The molecular formula is C14H23NO3. The highest BCUT2D eigenvalue weighted by molar-refractivity contribution is 4.96. The number of furan rings is 1. The largest absolute Gasteiger partial charge is 0.467 e. The molecule has 1 N–H and O–H groups in total. The van der Waals surface area contributed by atoms with Gasteiger partial charge in [0.1, 0.15) is 12.4 Å². The average Bonchev–Trinajstić information content (AvgIpc) is 2.94. The van der Waals surface area contributed by atoms with E-state index < -0.39 is 6.10 Å². The van der Waals surface area contributed by atoms with Crippen molar-refractivity contribution in [3.8, 4) is 0 Å². The van der Waals surface area contributed by atoms with Gasteiger partial charge >= 0.3 is 0 Å². The van der Waals surface area contributed by atoms with Gasteiger partial charge in [-0.3, -0.25) is 4.90 Å². The second-order valence-corrected chi connectivity index (χ2v) is 5.22. The van der Waals surface area contributed by atoms with Crippen molar-refractivity contribution in [2.45, 2.75) is 51.5 Å². The first-order chi connectivity index (χ1) is 8.66. The first-order valence-corrected chi connectivity index (χ1v) is 6.70. The Morgan fingerprint density at radius 1 is 1.44 bits per heavy atom. The van der Waals surface area contributed by atoms with Crippen LogP contribution in [-0.4, -0.2) is 41.3 Å². The summed E-state index contributed by atoms with van der Waals surface area (Å²) in [5.41, 5.74) is 0. The first kappa shape index (κ1) is 13.6. The third kappa shape index (κ3) is 3.57. The maximum Gasteiger partial charge on any atom is 0.129 e. The Morgan fingerprint density at radius 2 is 2.17 bits per heavy atom. The number of rotatable bonds is 6. The van der Waals surface area contributed by atoms with Crippen molar-refractivity contribution < 1.29 is 14.3 Å². The number of nitrogens with zero attached hydrogens (tertiary/aromatic N) is 1. The standard InChI is InChI=1S/C14H23NO3/c1-11-5-6-12(2)15(11)8-13(16)9-17-10-14-4-3-7-18-14/h3-4,7,11-13,16H,5-6,8-10H2,1-2H3. The number of aliphatic hydroxyl groups excluding tert-OH is 1. The zero-order valence-corrected chi connectivity index (χ0v) is 11.2. The molecule has 4 heteroatoms. The highest BCUT2D eigenvalue weighted by Crippen LogP contribution is 2.23. The Morgan fingerprint density at radius 3 is 2.78 bits per heavy atom. The quantitative estimate of drug-likeness (QED) is 0.842. The Balaban J connectivity index is 1.67. The summed E-state index contributed by atoms with van der Waals surface area (Å²) in [5.74, 6) is 0.796. The topological polar surface area (TPSA) is 45.8 Å². The molecule has 0 saturated carbocycles. The van der Waals surface area contributed by atoms with E-state index in [0.717, 1.165) is 5.76 Å². The van der Waals surface area contributed by atoms with Crippen molar-refractivity contribution in [1.29, 1.82) is 0 Å². The lowest BCUT2D eigenvalue weighted by molar-refractivity contribution is -0.00100. The van der Waals surface area contributed by atoms with Crippen molar-refractivity contribution in [3.05, 3.63) is 24.2 Å². The molecule has 1 aliphatic heterocycles. The van der Waals surface area contributed by atoms with Gasteiger partial charge in [0.15, 0.2) is 0 Å². The van der Waals surface area contributed by atoms with Crippen LogP contribution in [0.5, 0.6) is 0 Å². The molecule has 4 nitrogen and oxygen atoms in total. The molecule has 18 heavy (non-hydrogen) atoms. The van der Waals surface area contributed by atoms with Gasteiger partial charge in [0, 0.05) is 18.6 Å². The van der Waals surface area contributed by atoms with Crippen molar-refractivity contribution in [2.75, 3.05) is 13.2 Å². The minimum Gasteiger partial charge on any atom is -0.467 e. The van der Waals surface area contributed by atoms with Gasteiger partial charge < -0.3 is 14.3 Å². The number of hydrogen-bond donors (Lipinski definition) is 1.